The second kappa shape index (κ2) is 4.23. The summed E-state index contributed by atoms with van der Waals surface area (Å²) in [4.78, 5) is 0. The molecule has 0 heterocycles. The fraction of sp³-hybridized carbons (Fsp3) is 0.333. The normalized spacial score (nSPS) is 12.8. The van der Waals surface area contributed by atoms with E-state index in [0.717, 1.165) is 0 Å². The fourth-order valence-corrected chi connectivity index (χ4v) is 1.28. The van der Waals surface area contributed by atoms with Crippen molar-refractivity contribution in [1.29, 1.82) is 0 Å². The van der Waals surface area contributed by atoms with Crippen molar-refractivity contribution >= 4 is 0 Å². The van der Waals surface area contributed by atoms with E-state index in [9.17, 15) is 5.11 Å². The smallest absolute Gasteiger partial charge is 0.120 e. The first-order valence-corrected chi connectivity index (χ1v) is 4.08. The van der Waals surface area contributed by atoms with Gasteiger partial charge in [0.2, 0.25) is 0 Å². The standard InChI is InChI=1S/C9H14N2O2/c10-4-7(11)9-6(5-12)2-1-3-8(9)13/h1-3,7,12-13H,4-5,10-11H2. The minimum Gasteiger partial charge on any atom is -0.508 e. The molecule has 0 aliphatic heterocycles. The van der Waals surface area contributed by atoms with Gasteiger partial charge in [-0.05, 0) is 11.6 Å². The van der Waals surface area contributed by atoms with Gasteiger partial charge in [-0.2, -0.15) is 0 Å². The molecule has 4 nitrogen and oxygen atoms in total. The van der Waals surface area contributed by atoms with Crippen LogP contribution in [-0.2, 0) is 6.61 Å². The lowest BCUT2D eigenvalue weighted by Gasteiger charge is -2.14. The molecule has 1 aromatic carbocycles. The summed E-state index contributed by atoms with van der Waals surface area (Å²) >= 11 is 0. The predicted molar refractivity (Wildman–Crippen MR) is 50.0 cm³/mol. The summed E-state index contributed by atoms with van der Waals surface area (Å²) in [6.45, 7) is 0.0992. The monoisotopic (exact) mass is 182 g/mol. The summed E-state index contributed by atoms with van der Waals surface area (Å²) in [5, 5.41) is 18.5. The Bertz CT molecular complexity index is 289. The van der Waals surface area contributed by atoms with Gasteiger partial charge in [-0.15, -0.1) is 0 Å². The first-order chi connectivity index (χ1) is 6.20. The van der Waals surface area contributed by atoms with Crippen LogP contribution in [0, 0.1) is 0 Å². The highest BCUT2D eigenvalue weighted by atomic mass is 16.3. The number of phenols is 1. The number of hydrogen-bond donors (Lipinski definition) is 4. The van der Waals surface area contributed by atoms with Gasteiger partial charge >= 0.3 is 0 Å². The van der Waals surface area contributed by atoms with Gasteiger partial charge in [0, 0.05) is 18.2 Å². The third kappa shape index (κ3) is 1.98. The molecule has 0 saturated heterocycles. The van der Waals surface area contributed by atoms with E-state index in [-0.39, 0.29) is 18.9 Å². The van der Waals surface area contributed by atoms with Crippen molar-refractivity contribution in [3.8, 4) is 5.75 Å². The number of aliphatic hydroxyl groups excluding tert-OH is 1. The van der Waals surface area contributed by atoms with E-state index < -0.39 is 6.04 Å². The molecule has 0 fully saturated rings. The molecule has 6 N–H and O–H groups in total. The summed E-state index contributed by atoms with van der Waals surface area (Å²) in [6.07, 6.45) is 0. The van der Waals surface area contributed by atoms with Gasteiger partial charge in [0.05, 0.1) is 6.61 Å². The number of aromatic hydroxyl groups is 1. The van der Waals surface area contributed by atoms with Crippen molar-refractivity contribution < 1.29 is 10.2 Å². The van der Waals surface area contributed by atoms with E-state index in [4.69, 9.17) is 16.6 Å². The number of benzene rings is 1. The Kier molecular flexibility index (Phi) is 3.25. The molecular weight excluding hydrogens is 168 g/mol. The predicted octanol–water partition coefficient (Wildman–Crippen LogP) is -0.157. The van der Waals surface area contributed by atoms with E-state index in [1.54, 1.807) is 12.1 Å². The molecule has 0 aliphatic rings. The zero-order valence-electron chi connectivity index (χ0n) is 7.27. The Morgan fingerprint density at radius 2 is 2.08 bits per heavy atom. The van der Waals surface area contributed by atoms with Crippen molar-refractivity contribution in [2.45, 2.75) is 12.6 Å². The molecule has 1 aromatic rings. The highest BCUT2D eigenvalue weighted by Crippen LogP contribution is 2.25. The van der Waals surface area contributed by atoms with Gasteiger partial charge in [0.15, 0.2) is 0 Å². The fourth-order valence-electron chi connectivity index (χ4n) is 1.28. The third-order valence-corrected chi connectivity index (χ3v) is 1.97. The van der Waals surface area contributed by atoms with Gasteiger partial charge in [-0.25, -0.2) is 0 Å². The molecule has 1 unspecified atom stereocenters. The number of rotatable bonds is 3. The lowest BCUT2D eigenvalue weighted by atomic mass is 10.0. The molecule has 72 valence electrons. The quantitative estimate of drug-likeness (QED) is 0.522. The summed E-state index contributed by atoms with van der Waals surface area (Å²) < 4.78 is 0. The van der Waals surface area contributed by atoms with Crippen molar-refractivity contribution in [3.63, 3.8) is 0 Å². The Balaban J connectivity index is 3.14. The Hall–Kier alpha value is -1.10. The van der Waals surface area contributed by atoms with Crippen LogP contribution in [0.15, 0.2) is 18.2 Å². The van der Waals surface area contributed by atoms with Gasteiger partial charge in [0.25, 0.3) is 0 Å². The zero-order valence-corrected chi connectivity index (χ0v) is 7.27. The maximum absolute atomic E-state index is 9.48. The number of aliphatic hydroxyl groups is 1. The van der Waals surface area contributed by atoms with Gasteiger partial charge in [-0.3, -0.25) is 0 Å². The van der Waals surface area contributed by atoms with Crippen LogP contribution in [0.4, 0.5) is 0 Å². The van der Waals surface area contributed by atoms with Gasteiger partial charge in [-0.1, -0.05) is 12.1 Å². The average molecular weight is 182 g/mol. The van der Waals surface area contributed by atoms with Crippen LogP contribution >= 0.6 is 0 Å². The minimum absolute atomic E-state index is 0.0875. The Morgan fingerprint density at radius 3 is 2.62 bits per heavy atom. The van der Waals surface area contributed by atoms with Gasteiger partial charge < -0.3 is 21.7 Å². The van der Waals surface area contributed by atoms with E-state index in [1.807, 2.05) is 0 Å². The molecule has 0 aromatic heterocycles. The summed E-state index contributed by atoms with van der Waals surface area (Å²) in [7, 11) is 0. The van der Waals surface area contributed by atoms with Crippen molar-refractivity contribution in [1.82, 2.24) is 0 Å². The number of phenolic OH excluding ortho intramolecular Hbond substituents is 1. The van der Waals surface area contributed by atoms with Gasteiger partial charge in [0.1, 0.15) is 5.75 Å². The molecule has 13 heavy (non-hydrogen) atoms. The largest absolute Gasteiger partial charge is 0.508 e. The Labute approximate surface area is 76.8 Å². The lowest BCUT2D eigenvalue weighted by molar-refractivity contribution is 0.279. The third-order valence-electron chi connectivity index (χ3n) is 1.97. The van der Waals surface area contributed by atoms with E-state index in [1.165, 1.54) is 6.07 Å². The molecule has 0 saturated carbocycles. The van der Waals surface area contributed by atoms with Crippen molar-refractivity contribution in [3.05, 3.63) is 29.3 Å². The van der Waals surface area contributed by atoms with Crippen LogP contribution in [0.2, 0.25) is 0 Å². The van der Waals surface area contributed by atoms with Crippen LogP contribution in [0.5, 0.6) is 5.75 Å². The van der Waals surface area contributed by atoms with Crippen molar-refractivity contribution in [2.75, 3.05) is 6.54 Å². The van der Waals surface area contributed by atoms with E-state index in [0.29, 0.717) is 11.1 Å². The second-order valence-corrected chi connectivity index (χ2v) is 2.85. The lowest BCUT2D eigenvalue weighted by Crippen LogP contribution is -2.22. The van der Waals surface area contributed by atoms with E-state index in [2.05, 4.69) is 0 Å². The van der Waals surface area contributed by atoms with E-state index >= 15 is 0 Å². The van der Waals surface area contributed by atoms with Crippen LogP contribution in [0.25, 0.3) is 0 Å². The highest BCUT2D eigenvalue weighted by Gasteiger charge is 2.13. The molecule has 1 atom stereocenters. The van der Waals surface area contributed by atoms with Crippen LogP contribution in [0.3, 0.4) is 0 Å². The van der Waals surface area contributed by atoms with Crippen LogP contribution in [0.1, 0.15) is 17.2 Å². The zero-order chi connectivity index (χ0) is 9.84. The molecule has 0 amide bonds. The molecule has 1 rings (SSSR count). The molecule has 4 heteroatoms. The SMILES string of the molecule is NCC(N)c1c(O)cccc1CO. The molecule has 0 bridgehead atoms. The minimum atomic E-state index is -0.427. The maximum atomic E-state index is 9.48. The summed E-state index contributed by atoms with van der Waals surface area (Å²) in [6, 6.07) is 4.48. The molecule has 0 radical (unpaired) electrons. The van der Waals surface area contributed by atoms with Crippen LogP contribution in [-0.4, -0.2) is 16.8 Å². The highest BCUT2D eigenvalue weighted by molar-refractivity contribution is 5.41. The topological polar surface area (TPSA) is 92.5 Å². The first kappa shape index (κ1) is 9.98. The molecule has 0 spiro atoms. The molecule has 0 aliphatic carbocycles. The summed E-state index contributed by atoms with van der Waals surface area (Å²) in [5.74, 6) is 0.0875. The second-order valence-electron chi connectivity index (χ2n) is 2.85. The van der Waals surface area contributed by atoms with Crippen LogP contribution < -0.4 is 11.5 Å². The first-order valence-electron chi connectivity index (χ1n) is 4.08. The molecular formula is C9H14N2O2. The Morgan fingerprint density at radius 1 is 1.38 bits per heavy atom. The average Bonchev–Trinajstić information content (AvgIpc) is 2.16. The summed E-state index contributed by atoms with van der Waals surface area (Å²) in [5.41, 5.74) is 12.2. The number of nitrogens with two attached hydrogens (primary N) is 2. The number of hydrogen-bond acceptors (Lipinski definition) is 4. The maximum Gasteiger partial charge on any atom is 0.120 e. The van der Waals surface area contributed by atoms with Crippen molar-refractivity contribution in [2.24, 2.45) is 11.5 Å².